The van der Waals surface area contributed by atoms with Gasteiger partial charge in [0.15, 0.2) is 0 Å². The molecule has 1 unspecified atom stereocenters. The third-order valence-electron chi connectivity index (χ3n) is 4.62. The summed E-state index contributed by atoms with van der Waals surface area (Å²) in [6.07, 6.45) is -3.06. The first kappa shape index (κ1) is 27.0. The zero-order chi connectivity index (χ0) is 25.5. The van der Waals surface area contributed by atoms with Crippen LogP contribution in [-0.4, -0.2) is 47.8 Å². The number of aromatic nitrogens is 2. The van der Waals surface area contributed by atoms with Gasteiger partial charge >= 0.3 is 6.18 Å². The summed E-state index contributed by atoms with van der Waals surface area (Å²) in [5.74, 6) is -0.108. The smallest absolute Gasteiger partial charge is 0.411 e. The van der Waals surface area contributed by atoms with Crippen LogP contribution in [0.4, 0.5) is 19.0 Å². The van der Waals surface area contributed by atoms with Crippen LogP contribution in [0, 0.1) is 19.8 Å². The Morgan fingerprint density at radius 1 is 1.09 bits per heavy atom. The van der Waals surface area contributed by atoms with Crippen molar-refractivity contribution in [2.75, 3.05) is 25.1 Å². The average molecular weight is 483 g/mol. The van der Waals surface area contributed by atoms with E-state index in [2.05, 4.69) is 25.3 Å². The fraction of sp³-hybridized carbons (Fsp3) is 0.478. The quantitative estimate of drug-likeness (QED) is 0.494. The molecule has 2 amide bonds. The second-order valence-electron chi connectivity index (χ2n) is 8.13. The largest absolute Gasteiger partial charge is 0.475 e. The normalized spacial score (nSPS) is 12.4. The summed E-state index contributed by atoms with van der Waals surface area (Å²) in [7, 11) is 0. The molecule has 8 nitrogen and oxygen atoms in total. The minimum atomic E-state index is -4.39. The Morgan fingerprint density at radius 3 is 2.41 bits per heavy atom. The molecule has 0 saturated carbocycles. The van der Waals surface area contributed by atoms with Crippen LogP contribution < -0.4 is 15.4 Å². The Balaban J connectivity index is 1.98. The Hall–Kier alpha value is -3.21. The van der Waals surface area contributed by atoms with Crippen molar-refractivity contribution in [2.24, 2.45) is 5.92 Å². The number of nitrogens with one attached hydrogen (secondary N) is 2. The van der Waals surface area contributed by atoms with Crippen LogP contribution in [0.3, 0.4) is 0 Å². The van der Waals surface area contributed by atoms with Crippen molar-refractivity contribution in [3.63, 3.8) is 0 Å². The Bertz CT molecular complexity index is 1010. The van der Waals surface area contributed by atoms with Crippen molar-refractivity contribution in [3.05, 3.63) is 46.8 Å². The molecule has 2 aromatic rings. The lowest BCUT2D eigenvalue weighted by Gasteiger charge is -2.17. The van der Waals surface area contributed by atoms with Gasteiger partial charge in [0.05, 0.1) is 18.2 Å². The Morgan fingerprint density at radius 2 is 1.79 bits per heavy atom. The monoisotopic (exact) mass is 482 g/mol. The summed E-state index contributed by atoms with van der Waals surface area (Å²) in [5.41, 5.74) is 2.30. The standard InChI is InChI=1S/C23H29F3N4O4/c1-13(2)20(31)30-19-10-17(9-15(4)28-19)16(5)29-21(32)18-8-14(3)22(27-11-18)34-7-6-33-12-23(24,25)26/h8-11,13,16H,6-7,12H2,1-5H3,(H,29,32)(H,28,30,31). The third-order valence-corrected chi connectivity index (χ3v) is 4.62. The van der Waals surface area contributed by atoms with Gasteiger partial charge in [-0.05, 0) is 44.5 Å². The minimum Gasteiger partial charge on any atom is -0.475 e. The molecule has 2 aromatic heterocycles. The Kier molecular flexibility index (Phi) is 9.36. The van der Waals surface area contributed by atoms with Crippen molar-refractivity contribution in [2.45, 2.75) is 46.8 Å². The molecule has 2 rings (SSSR count). The van der Waals surface area contributed by atoms with E-state index in [1.807, 2.05) is 6.07 Å². The van der Waals surface area contributed by atoms with Gasteiger partial charge in [-0.3, -0.25) is 9.59 Å². The van der Waals surface area contributed by atoms with Crippen molar-refractivity contribution in [3.8, 4) is 5.88 Å². The second kappa shape index (κ2) is 11.8. The summed E-state index contributed by atoms with van der Waals surface area (Å²) in [4.78, 5) is 33.1. The van der Waals surface area contributed by atoms with Gasteiger partial charge in [-0.1, -0.05) is 13.8 Å². The first-order valence-corrected chi connectivity index (χ1v) is 10.7. The van der Waals surface area contributed by atoms with E-state index in [4.69, 9.17) is 4.74 Å². The number of hydrogen-bond acceptors (Lipinski definition) is 6. The minimum absolute atomic E-state index is 0.108. The van der Waals surface area contributed by atoms with Crippen molar-refractivity contribution < 1.29 is 32.2 Å². The summed E-state index contributed by atoms with van der Waals surface area (Å²) in [6, 6.07) is 4.72. The summed E-state index contributed by atoms with van der Waals surface area (Å²) in [5, 5.41) is 5.63. The lowest BCUT2D eigenvalue weighted by molar-refractivity contribution is -0.175. The molecule has 1 atom stereocenters. The van der Waals surface area contributed by atoms with E-state index >= 15 is 0 Å². The molecule has 0 aliphatic carbocycles. The van der Waals surface area contributed by atoms with Gasteiger partial charge in [0.2, 0.25) is 11.8 Å². The van der Waals surface area contributed by atoms with Crippen LogP contribution in [-0.2, 0) is 9.53 Å². The predicted molar refractivity (Wildman–Crippen MR) is 120 cm³/mol. The van der Waals surface area contributed by atoms with Crippen LogP contribution in [0.1, 0.15) is 54.0 Å². The lowest BCUT2D eigenvalue weighted by atomic mass is 10.1. The molecule has 0 aliphatic rings. The molecule has 11 heteroatoms. The molecular formula is C23H29F3N4O4. The molecular weight excluding hydrogens is 453 g/mol. The highest BCUT2D eigenvalue weighted by Gasteiger charge is 2.27. The van der Waals surface area contributed by atoms with Gasteiger partial charge in [0.1, 0.15) is 19.0 Å². The molecule has 0 aliphatic heterocycles. The SMILES string of the molecule is Cc1cc(C(C)NC(=O)c2cnc(OCCOCC(F)(F)F)c(C)c2)cc(NC(=O)C(C)C)n1. The topological polar surface area (TPSA) is 102 Å². The number of aryl methyl sites for hydroxylation is 2. The number of ether oxygens (including phenoxy) is 2. The van der Waals surface area contributed by atoms with Crippen molar-refractivity contribution >= 4 is 17.6 Å². The average Bonchev–Trinajstić information content (AvgIpc) is 2.73. The van der Waals surface area contributed by atoms with Crippen LogP contribution in [0.15, 0.2) is 24.4 Å². The zero-order valence-corrected chi connectivity index (χ0v) is 19.7. The molecule has 0 aromatic carbocycles. The van der Waals surface area contributed by atoms with E-state index < -0.39 is 12.8 Å². The molecule has 2 N–H and O–H groups in total. The highest BCUT2D eigenvalue weighted by molar-refractivity contribution is 5.94. The fourth-order valence-corrected chi connectivity index (χ4v) is 2.87. The van der Waals surface area contributed by atoms with Crippen LogP contribution >= 0.6 is 0 Å². The number of anilines is 1. The number of halogens is 3. The lowest BCUT2D eigenvalue weighted by Crippen LogP contribution is -2.27. The molecule has 0 bridgehead atoms. The fourth-order valence-electron chi connectivity index (χ4n) is 2.87. The number of hydrogen-bond donors (Lipinski definition) is 2. The number of alkyl halides is 3. The van der Waals surface area contributed by atoms with E-state index in [9.17, 15) is 22.8 Å². The molecule has 0 radical (unpaired) electrons. The highest BCUT2D eigenvalue weighted by atomic mass is 19.4. The highest BCUT2D eigenvalue weighted by Crippen LogP contribution is 2.20. The third kappa shape index (κ3) is 8.62. The maximum Gasteiger partial charge on any atom is 0.411 e. The van der Waals surface area contributed by atoms with Crippen LogP contribution in [0.25, 0.3) is 0 Å². The van der Waals surface area contributed by atoms with Crippen molar-refractivity contribution in [1.29, 1.82) is 0 Å². The summed E-state index contributed by atoms with van der Waals surface area (Å²) >= 11 is 0. The van der Waals surface area contributed by atoms with Crippen LogP contribution in [0.2, 0.25) is 0 Å². The maximum absolute atomic E-state index is 12.7. The van der Waals surface area contributed by atoms with E-state index in [1.165, 1.54) is 6.20 Å². The van der Waals surface area contributed by atoms with E-state index in [0.717, 1.165) is 5.56 Å². The predicted octanol–water partition coefficient (Wildman–Crippen LogP) is 4.14. The number of pyridine rings is 2. The molecule has 0 saturated heterocycles. The first-order valence-electron chi connectivity index (χ1n) is 10.7. The zero-order valence-electron chi connectivity index (χ0n) is 19.7. The van der Waals surface area contributed by atoms with Gasteiger partial charge < -0.3 is 20.1 Å². The van der Waals surface area contributed by atoms with E-state index in [0.29, 0.717) is 22.6 Å². The number of nitrogens with zero attached hydrogens (tertiary/aromatic N) is 2. The van der Waals surface area contributed by atoms with Crippen molar-refractivity contribution in [1.82, 2.24) is 15.3 Å². The maximum atomic E-state index is 12.7. The number of carbonyl (C=O) groups excluding carboxylic acids is 2. The van der Waals surface area contributed by atoms with Gasteiger partial charge in [0, 0.05) is 23.4 Å². The van der Waals surface area contributed by atoms with Gasteiger partial charge in [-0.2, -0.15) is 13.2 Å². The summed E-state index contributed by atoms with van der Waals surface area (Å²) < 4.78 is 46.0. The molecule has 2 heterocycles. The van der Waals surface area contributed by atoms with E-state index in [1.54, 1.807) is 46.8 Å². The first-order chi connectivity index (χ1) is 15.9. The Labute approximate surface area is 196 Å². The number of carbonyl (C=O) groups is 2. The second-order valence-corrected chi connectivity index (χ2v) is 8.13. The van der Waals surface area contributed by atoms with Crippen LogP contribution in [0.5, 0.6) is 5.88 Å². The molecule has 34 heavy (non-hydrogen) atoms. The molecule has 186 valence electrons. The summed E-state index contributed by atoms with van der Waals surface area (Å²) in [6.45, 7) is 7.14. The van der Waals surface area contributed by atoms with Gasteiger partial charge in [-0.15, -0.1) is 0 Å². The van der Waals surface area contributed by atoms with Gasteiger partial charge in [0.25, 0.3) is 5.91 Å². The molecule has 0 fully saturated rings. The van der Waals surface area contributed by atoms with E-state index in [-0.39, 0.29) is 42.9 Å². The number of rotatable bonds is 10. The van der Waals surface area contributed by atoms with Gasteiger partial charge in [-0.25, -0.2) is 9.97 Å². The number of amides is 2. The molecule has 0 spiro atoms.